The van der Waals surface area contributed by atoms with E-state index >= 15 is 0 Å². The van der Waals surface area contributed by atoms with E-state index in [1.165, 1.54) is 12.8 Å². The summed E-state index contributed by atoms with van der Waals surface area (Å²) in [7, 11) is 1.94. The highest BCUT2D eigenvalue weighted by Crippen LogP contribution is 2.27. The zero-order valence-corrected chi connectivity index (χ0v) is 10.2. The maximum Gasteiger partial charge on any atom is 0.0885 e. The second kappa shape index (κ2) is 4.55. The molecule has 0 atom stereocenters. The first kappa shape index (κ1) is 11.6. The lowest BCUT2D eigenvalue weighted by molar-refractivity contribution is 0.0713. The summed E-state index contributed by atoms with van der Waals surface area (Å²) in [5.74, 6) is 0. The van der Waals surface area contributed by atoms with Gasteiger partial charge in [0, 0.05) is 12.6 Å². The van der Waals surface area contributed by atoms with Gasteiger partial charge in [0.15, 0.2) is 0 Å². The summed E-state index contributed by atoms with van der Waals surface area (Å²) < 4.78 is 7.58. The molecule has 16 heavy (non-hydrogen) atoms. The van der Waals surface area contributed by atoms with Crippen LogP contribution in [0.1, 0.15) is 37.1 Å². The van der Waals surface area contributed by atoms with Crippen LogP contribution in [0.15, 0.2) is 6.07 Å². The number of aromatic nitrogens is 2. The molecule has 1 aromatic rings. The van der Waals surface area contributed by atoms with Crippen molar-refractivity contribution in [2.75, 3.05) is 6.61 Å². The van der Waals surface area contributed by atoms with Gasteiger partial charge >= 0.3 is 0 Å². The molecule has 0 amide bonds. The molecule has 1 saturated carbocycles. The zero-order valence-electron chi connectivity index (χ0n) is 10.2. The van der Waals surface area contributed by atoms with Crippen molar-refractivity contribution in [3.8, 4) is 0 Å². The molecule has 90 valence electrons. The third-order valence-corrected chi connectivity index (χ3v) is 3.34. The fourth-order valence-electron chi connectivity index (χ4n) is 2.38. The fourth-order valence-corrected chi connectivity index (χ4v) is 2.38. The summed E-state index contributed by atoms with van der Waals surface area (Å²) in [6.07, 6.45) is 4.67. The number of hydrogen-bond acceptors (Lipinski definition) is 3. The molecule has 2 rings (SSSR count). The van der Waals surface area contributed by atoms with E-state index in [1.807, 2.05) is 18.7 Å². The van der Waals surface area contributed by atoms with Gasteiger partial charge in [0.1, 0.15) is 0 Å². The number of rotatable bonds is 4. The molecule has 4 nitrogen and oxygen atoms in total. The minimum atomic E-state index is -0.0758. The Morgan fingerprint density at radius 2 is 2.19 bits per heavy atom. The summed E-state index contributed by atoms with van der Waals surface area (Å²) >= 11 is 0. The van der Waals surface area contributed by atoms with E-state index in [-0.39, 0.29) is 5.54 Å². The molecule has 0 radical (unpaired) electrons. The molecule has 1 aliphatic carbocycles. The number of nitrogens with two attached hydrogens (primary N) is 1. The summed E-state index contributed by atoms with van der Waals surface area (Å²) in [5, 5.41) is 4.28. The molecule has 0 saturated heterocycles. The highest BCUT2D eigenvalue weighted by molar-refractivity contribution is 5.07. The second-order valence-electron chi connectivity index (χ2n) is 4.96. The van der Waals surface area contributed by atoms with E-state index in [2.05, 4.69) is 11.2 Å². The van der Waals surface area contributed by atoms with Crippen molar-refractivity contribution in [2.45, 2.75) is 44.8 Å². The van der Waals surface area contributed by atoms with Gasteiger partial charge < -0.3 is 10.5 Å². The molecule has 2 N–H and O–H groups in total. The number of hydrogen-bond donors (Lipinski definition) is 1. The molecule has 0 aromatic carbocycles. The first-order valence-electron chi connectivity index (χ1n) is 5.95. The van der Waals surface area contributed by atoms with Crippen LogP contribution in [-0.4, -0.2) is 21.9 Å². The third-order valence-electron chi connectivity index (χ3n) is 3.34. The Morgan fingerprint density at radius 1 is 1.50 bits per heavy atom. The fraction of sp³-hybridized carbons (Fsp3) is 0.750. The Bertz CT molecular complexity index is 353. The standard InChI is InChI=1S/C12H21N3O/c1-10-7-11(15(2)14-10)8-16-9-12(13)5-3-4-6-12/h7H,3-6,8-9,13H2,1-2H3. The van der Waals surface area contributed by atoms with Crippen molar-refractivity contribution >= 4 is 0 Å². The van der Waals surface area contributed by atoms with Crippen LogP contribution in [0.5, 0.6) is 0 Å². The Morgan fingerprint density at radius 3 is 2.75 bits per heavy atom. The predicted molar refractivity (Wildman–Crippen MR) is 63.0 cm³/mol. The highest BCUT2D eigenvalue weighted by Gasteiger charge is 2.29. The van der Waals surface area contributed by atoms with Gasteiger partial charge in [-0.05, 0) is 25.8 Å². The number of ether oxygens (including phenoxy) is 1. The van der Waals surface area contributed by atoms with E-state index in [4.69, 9.17) is 10.5 Å². The summed E-state index contributed by atoms with van der Waals surface area (Å²) in [5.41, 5.74) is 8.29. The zero-order chi connectivity index (χ0) is 11.6. The van der Waals surface area contributed by atoms with Gasteiger partial charge in [0.05, 0.1) is 24.6 Å². The second-order valence-corrected chi connectivity index (χ2v) is 4.96. The van der Waals surface area contributed by atoms with E-state index < -0.39 is 0 Å². The minimum Gasteiger partial charge on any atom is -0.373 e. The average molecular weight is 223 g/mol. The summed E-state index contributed by atoms with van der Waals surface area (Å²) in [6.45, 7) is 3.26. The Balaban J connectivity index is 1.81. The normalized spacial score (nSPS) is 19.2. The molecule has 1 aliphatic rings. The molecule has 1 fully saturated rings. The van der Waals surface area contributed by atoms with Gasteiger partial charge in [-0.25, -0.2) is 0 Å². The lowest BCUT2D eigenvalue weighted by Crippen LogP contribution is -2.41. The maximum absolute atomic E-state index is 6.22. The van der Waals surface area contributed by atoms with Crippen LogP contribution in [0.4, 0.5) is 0 Å². The Labute approximate surface area is 96.8 Å². The van der Waals surface area contributed by atoms with Crippen LogP contribution in [0.3, 0.4) is 0 Å². The van der Waals surface area contributed by atoms with E-state index in [9.17, 15) is 0 Å². The molecular weight excluding hydrogens is 202 g/mol. The van der Waals surface area contributed by atoms with Gasteiger partial charge in [0.25, 0.3) is 0 Å². The van der Waals surface area contributed by atoms with Crippen molar-refractivity contribution in [1.82, 2.24) is 9.78 Å². The average Bonchev–Trinajstić information content (AvgIpc) is 2.75. The molecule has 0 bridgehead atoms. The molecule has 0 spiro atoms. The summed E-state index contributed by atoms with van der Waals surface area (Å²) in [4.78, 5) is 0. The van der Waals surface area contributed by atoms with E-state index in [0.29, 0.717) is 13.2 Å². The Kier molecular flexibility index (Phi) is 3.30. The van der Waals surface area contributed by atoms with Crippen LogP contribution < -0.4 is 5.73 Å². The number of aryl methyl sites for hydroxylation is 2. The van der Waals surface area contributed by atoms with Crippen LogP contribution in [-0.2, 0) is 18.4 Å². The van der Waals surface area contributed by atoms with Gasteiger partial charge in [0.2, 0.25) is 0 Å². The summed E-state index contributed by atoms with van der Waals surface area (Å²) in [6, 6.07) is 2.05. The topological polar surface area (TPSA) is 53.1 Å². The minimum absolute atomic E-state index is 0.0758. The first-order valence-corrected chi connectivity index (χ1v) is 5.95. The first-order chi connectivity index (χ1) is 7.59. The lowest BCUT2D eigenvalue weighted by Gasteiger charge is -2.23. The maximum atomic E-state index is 6.22. The molecule has 1 aromatic heterocycles. The van der Waals surface area contributed by atoms with Gasteiger partial charge in [-0.15, -0.1) is 0 Å². The quantitative estimate of drug-likeness (QED) is 0.842. The smallest absolute Gasteiger partial charge is 0.0885 e. The monoisotopic (exact) mass is 223 g/mol. The molecule has 4 heteroatoms. The molecule has 1 heterocycles. The van der Waals surface area contributed by atoms with Crippen LogP contribution in [0.25, 0.3) is 0 Å². The van der Waals surface area contributed by atoms with Crippen molar-refractivity contribution in [2.24, 2.45) is 12.8 Å². The van der Waals surface area contributed by atoms with Crippen molar-refractivity contribution < 1.29 is 4.74 Å². The number of nitrogens with zero attached hydrogens (tertiary/aromatic N) is 2. The van der Waals surface area contributed by atoms with Crippen molar-refractivity contribution in [1.29, 1.82) is 0 Å². The van der Waals surface area contributed by atoms with E-state index in [1.54, 1.807) is 0 Å². The highest BCUT2D eigenvalue weighted by atomic mass is 16.5. The van der Waals surface area contributed by atoms with Crippen LogP contribution in [0, 0.1) is 6.92 Å². The van der Waals surface area contributed by atoms with Gasteiger partial charge in [-0.3, -0.25) is 4.68 Å². The Hall–Kier alpha value is -0.870. The molecular formula is C12H21N3O. The lowest BCUT2D eigenvalue weighted by atomic mass is 10.0. The van der Waals surface area contributed by atoms with Crippen molar-refractivity contribution in [3.63, 3.8) is 0 Å². The van der Waals surface area contributed by atoms with Crippen LogP contribution in [0.2, 0.25) is 0 Å². The van der Waals surface area contributed by atoms with Gasteiger partial charge in [-0.1, -0.05) is 12.8 Å². The molecule has 0 aliphatic heterocycles. The predicted octanol–water partition coefficient (Wildman–Crippen LogP) is 1.52. The SMILES string of the molecule is Cc1cc(COCC2(N)CCCC2)n(C)n1. The van der Waals surface area contributed by atoms with Crippen molar-refractivity contribution in [3.05, 3.63) is 17.5 Å². The van der Waals surface area contributed by atoms with E-state index in [0.717, 1.165) is 24.2 Å². The largest absolute Gasteiger partial charge is 0.373 e. The van der Waals surface area contributed by atoms with Crippen LogP contribution >= 0.6 is 0 Å². The van der Waals surface area contributed by atoms with Gasteiger partial charge in [-0.2, -0.15) is 5.10 Å². The third kappa shape index (κ3) is 2.62. The molecule has 0 unspecified atom stereocenters.